The van der Waals surface area contributed by atoms with E-state index in [4.69, 9.17) is 36.5 Å². The molecule has 28 heteroatoms. The molecule has 5 aliphatic rings. The number of anilines is 5. The third kappa shape index (κ3) is 17.1. The van der Waals surface area contributed by atoms with Crippen LogP contribution in [0, 0.1) is 29.6 Å². The molecule has 22 nitrogen and oxygen atoms in total. The maximum atomic E-state index is 12.3. The van der Waals surface area contributed by atoms with Crippen molar-refractivity contribution in [3.63, 3.8) is 0 Å². The fraction of sp³-hybridized carbons (Fsp3) is 0.253. The Morgan fingerprint density at radius 3 is 1.17 bits per heavy atom. The number of nitrogens with one attached hydrogen (secondary N) is 10. The lowest BCUT2D eigenvalue weighted by atomic mass is 10.1. The highest BCUT2D eigenvalue weighted by atomic mass is 35.5. The van der Waals surface area contributed by atoms with E-state index >= 15 is 0 Å². The van der Waals surface area contributed by atoms with Crippen molar-refractivity contribution in [1.29, 1.82) is 0 Å². The zero-order chi connectivity index (χ0) is 86.3. The highest BCUT2D eigenvalue weighted by molar-refractivity contribution is 7.19. The molecule has 127 heavy (non-hydrogen) atoms. The molecule has 0 spiro atoms. The Bertz CT molecular complexity index is 7270. The van der Waals surface area contributed by atoms with Gasteiger partial charge in [-0.25, -0.2) is 34.9 Å². The number of aromatic amines is 2. The number of rotatable bonds is 22. The normalized spacial score (nSPS) is 14.7. The third-order valence-corrected chi connectivity index (χ3v) is 29.8. The smallest absolute Gasteiger partial charge is 0.253 e. The number of aromatic nitrogens is 11. The predicted octanol–water partition coefficient (Wildman–Crippen LogP) is 23.7. The summed E-state index contributed by atoms with van der Waals surface area (Å²) in [5.74, 6) is 9.75. The van der Waals surface area contributed by atoms with E-state index < -0.39 is 0 Å². The number of hydrogen-bond acceptors (Lipinski definition) is 22. The molecule has 10 N–H and O–H groups in total. The minimum Gasteiger partial charge on any atom is -0.366 e. The molecule has 0 bridgehead atoms. The van der Waals surface area contributed by atoms with Crippen LogP contribution in [0.4, 0.5) is 29.1 Å². The third-order valence-electron chi connectivity index (χ3n) is 24.8. The zero-order valence-electron chi connectivity index (χ0n) is 70.4. The second kappa shape index (κ2) is 36.0. The number of benzene rings is 7. The molecule has 2 unspecified atom stereocenters. The first-order valence-corrected chi connectivity index (χ1v) is 48.1. The van der Waals surface area contributed by atoms with Crippen LogP contribution in [0.1, 0.15) is 126 Å². The highest BCUT2D eigenvalue weighted by Gasteiger charge is 2.43. The van der Waals surface area contributed by atoms with Crippen molar-refractivity contribution in [3.8, 4) is 22.8 Å². The van der Waals surface area contributed by atoms with Crippen molar-refractivity contribution in [2.45, 2.75) is 109 Å². The Kier molecular flexibility index (Phi) is 23.4. The molecule has 0 aliphatic heterocycles. The number of para-hydroxylation sites is 5. The number of pyridine rings is 5. The summed E-state index contributed by atoms with van der Waals surface area (Å²) in [6, 6.07) is 60.2. The molecular weight excluding hydrogens is 1700 g/mol. The molecule has 3 amide bonds. The number of amides is 3. The molecule has 12 heterocycles. The quantitative estimate of drug-likeness (QED) is 0.0302. The van der Waals surface area contributed by atoms with Crippen molar-refractivity contribution in [1.82, 2.24) is 71.2 Å². The lowest BCUT2D eigenvalue weighted by Crippen LogP contribution is -2.25. The van der Waals surface area contributed by atoms with Crippen molar-refractivity contribution in [2.75, 3.05) is 47.7 Å². The summed E-state index contributed by atoms with van der Waals surface area (Å²) in [5, 5.41) is 62.7. The van der Waals surface area contributed by atoms with E-state index in [-0.39, 0.29) is 23.8 Å². The van der Waals surface area contributed by atoms with Crippen LogP contribution in [-0.2, 0) is 6.54 Å². The first kappa shape index (κ1) is 82.6. The van der Waals surface area contributed by atoms with Gasteiger partial charge >= 0.3 is 0 Å². The van der Waals surface area contributed by atoms with E-state index in [1.54, 1.807) is 90.2 Å². The van der Waals surface area contributed by atoms with Crippen LogP contribution in [0.5, 0.6) is 0 Å². The molecular formula is C99H92ClN19O3S5. The van der Waals surface area contributed by atoms with Gasteiger partial charge in [-0.05, 0) is 212 Å². The highest BCUT2D eigenvalue weighted by Crippen LogP contribution is 2.50. The van der Waals surface area contributed by atoms with Crippen molar-refractivity contribution < 1.29 is 14.4 Å². The Labute approximate surface area is 757 Å². The number of halogens is 1. The second-order valence-corrected chi connectivity index (χ2v) is 38.2. The van der Waals surface area contributed by atoms with Crippen LogP contribution >= 0.6 is 68.3 Å². The summed E-state index contributed by atoms with van der Waals surface area (Å²) in [4.78, 5) is 70.2. The minimum atomic E-state index is -0.143. The Balaban J connectivity index is 0.0000000999. The molecule has 2 atom stereocenters. The summed E-state index contributed by atoms with van der Waals surface area (Å²) in [6.45, 7) is 4.93. The lowest BCUT2D eigenvalue weighted by Gasteiger charge is -2.20. The predicted molar refractivity (Wildman–Crippen MR) is 525 cm³/mol. The van der Waals surface area contributed by atoms with E-state index in [9.17, 15) is 14.4 Å². The number of H-pyrrole nitrogens is 2. The average Bonchev–Trinajstić information content (AvgIpc) is 1.45. The molecule has 19 aromatic rings. The molecule has 12 aromatic heterocycles. The molecule has 0 radical (unpaired) electrons. The van der Waals surface area contributed by atoms with Crippen molar-refractivity contribution in [2.24, 2.45) is 29.6 Å². The number of carbonyl (C=O) groups is 3. The molecule has 638 valence electrons. The van der Waals surface area contributed by atoms with Crippen molar-refractivity contribution in [3.05, 3.63) is 248 Å². The van der Waals surface area contributed by atoms with Gasteiger partial charge in [0, 0.05) is 136 Å². The van der Waals surface area contributed by atoms with Crippen LogP contribution in [0.15, 0.2) is 215 Å². The van der Waals surface area contributed by atoms with Gasteiger partial charge in [-0.3, -0.25) is 24.6 Å². The summed E-state index contributed by atoms with van der Waals surface area (Å²) >= 11 is 14.8. The Hall–Kier alpha value is -12.6. The largest absolute Gasteiger partial charge is 0.366 e. The second-order valence-electron chi connectivity index (χ2n) is 33.2. The van der Waals surface area contributed by atoms with E-state index in [0.717, 1.165) is 151 Å². The first-order valence-electron chi connectivity index (χ1n) is 43.3. The van der Waals surface area contributed by atoms with Gasteiger partial charge in [0.25, 0.3) is 17.7 Å². The van der Waals surface area contributed by atoms with Gasteiger partial charge in [-0.2, -0.15) is 10.2 Å². The van der Waals surface area contributed by atoms with Gasteiger partial charge in [0.05, 0.1) is 53.7 Å². The fourth-order valence-corrected chi connectivity index (χ4v) is 22.1. The van der Waals surface area contributed by atoms with E-state index in [1.807, 2.05) is 102 Å². The molecule has 7 aromatic carbocycles. The van der Waals surface area contributed by atoms with Crippen molar-refractivity contribution >= 4 is 220 Å². The molecule has 24 rings (SSSR count). The molecule has 5 aliphatic carbocycles. The summed E-state index contributed by atoms with van der Waals surface area (Å²) in [5.41, 5.74) is 10.2. The van der Waals surface area contributed by atoms with Crippen LogP contribution in [0.25, 0.3) is 128 Å². The number of carbonyl (C=O) groups excluding carboxylic acids is 3. The SMILES string of the molecule is CC(Nc1nc2c(-c3ncn[nH]3)cccc2c2ccsc12)C1CC1.CNC(=O)c1cccc2c1nc(NC(C)c1ccccc1)c1ccsc12.CNC(=O)c1cccc2c1nc(NC(C1CC1)C1CC1)c1ccsc12.CNC(=O)c1cccc2c1nc(NCc1ccccc1Cl)c1ccsc12.c1cc(-c2ncn[nH]2)c2nc(NC(C3CC3)C3CC3)c3sccc3c2c1. The van der Waals surface area contributed by atoms with Gasteiger partial charge in [-0.1, -0.05) is 121 Å². The van der Waals surface area contributed by atoms with Crippen LogP contribution in [-0.4, -0.2) is 112 Å². The Morgan fingerprint density at radius 2 is 0.740 bits per heavy atom. The van der Waals surface area contributed by atoms with Gasteiger partial charge in [0.15, 0.2) is 11.6 Å². The molecule has 0 saturated heterocycles. The molecule has 5 saturated carbocycles. The van der Waals surface area contributed by atoms with Crippen LogP contribution < -0.4 is 42.5 Å². The molecule has 5 fully saturated rings. The summed E-state index contributed by atoms with van der Waals surface area (Å²) in [6.07, 6.45) is 16.5. The van der Waals surface area contributed by atoms with Crippen LogP contribution in [0.3, 0.4) is 0 Å². The summed E-state index contributed by atoms with van der Waals surface area (Å²) in [7, 11) is 4.93. The minimum absolute atomic E-state index is 0.0825. The number of nitrogens with zero attached hydrogens (tertiary/aromatic N) is 9. The maximum absolute atomic E-state index is 12.3. The van der Waals surface area contributed by atoms with E-state index in [0.29, 0.717) is 51.9 Å². The first-order chi connectivity index (χ1) is 62.3. The van der Waals surface area contributed by atoms with Gasteiger partial charge < -0.3 is 42.5 Å². The standard InChI is InChI=1S/C21H19N3OS.C20H16ClN3OS.C20H19N5S.C20H21N3OS.C18H17N5S/c1-13(14-7-4-3-5-8-14)23-20-17-11-12-26-19(17)15-9-6-10-16(18(15)24-20)21(25)22-2;1-22-20(25)14-7-4-6-13-17(14)24-19(15-9-10-26-18(13)15)23-11-12-5-2-3-8-16(12)21;1-2-13-14-8-9-26-18(14)20(23-16(11-4-5-11)12-6-7-12)24-17(13)15(3-1)19-21-10-22-25-19;1-21-20(24)14-4-2-3-13-17(14)23-19(15-9-10-25-18(13)15)22-16(11-5-6-11)12-7-8-12;1-10(11-5-6-11)21-18-16-13(7-8-24-16)12-3-2-4-14(15(12)22-18)17-19-9-20-23-17/h3-13H,1-2H3,(H,22,25)(H,23,24);2-10H,11H2,1H3,(H,22,25)(H,23,24);1-3,8-12,16H,4-7H2,(H,23,24)(H,21,22,25);2-4,9-12,16H,5-8H2,1H3,(H,21,24)(H,22,23);2-4,7-11H,5-6H2,1H3,(H,21,22)(H,19,20,23). The summed E-state index contributed by atoms with van der Waals surface area (Å²) < 4.78 is 5.96. The van der Waals surface area contributed by atoms with E-state index in [2.05, 4.69) is 181 Å². The Morgan fingerprint density at radius 1 is 0.370 bits per heavy atom. The maximum Gasteiger partial charge on any atom is 0.253 e. The van der Waals surface area contributed by atoms with Gasteiger partial charge in [0.2, 0.25) is 0 Å². The van der Waals surface area contributed by atoms with Gasteiger partial charge in [0.1, 0.15) is 41.7 Å². The number of thiophene rings is 5. The number of hydrogen-bond donors (Lipinski definition) is 10. The van der Waals surface area contributed by atoms with Gasteiger partial charge in [-0.15, -0.1) is 56.7 Å². The lowest BCUT2D eigenvalue weighted by molar-refractivity contribution is 0.0956. The topological polar surface area (TPSA) is 295 Å². The average molecular weight is 1790 g/mol. The zero-order valence-corrected chi connectivity index (χ0v) is 75.3. The number of fused-ring (bicyclic) bond motifs is 15. The van der Waals surface area contributed by atoms with Crippen LogP contribution in [0.2, 0.25) is 5.02 Å². The van der Waals surface area contributed by atoms with E-state index in [1.165, 1.54) is 112 Å². The fourth-order valence-electron chi connectivity index (χ4n) is 17.4. The monoisotopic (exact) mass is 1790 g/mol.